The topological polar surface area (TPSA) is 99.1 Å². The van der Waals surface area contributed by atoms with Gasteiger partial charge in [0.2, 0.25) is 0 Å². The van der Waals surface area contributed by atoms with E-state index in [0.29, 0.717) is 19.3 Å². The maximum atomic E-state index is 12.5. The van der Waals surface area contributed by atoms with E-state index >= 15 is 0 Å². The normalized spacial score (nSPS) is 13.0. The number of carboxylic acid groups (broad SMARTS) is 1. The zero-order valence-electron chi connectivity index (χ0n) is 28.7. The number of hydrogen-bond acceptors (Lipinski definition) is 6. The van der Waals surface area contributed by atoms with Crippen LogP contribution in [0, 0.1) is 0 Å². The second-order valence-corrected chi connectivity index (χ2v) is 13.1. The Morgan fingerprint density at radius 1 is 0.605 bits per heavy atom. The summed E-state index contributed by atoms with van der Waals surface area (Å²) in [4.78, 5) is 36.5. The summed E-state index contributed by atoms with van der Waals surface area (Å²) >= 11 is 0. The van der Waals surface area contributed by atoms with E-state index in [4.69, 9.17) is 14.2 Å². The first kappa shape index (κ1) is 41.3. The fraction of sp³-hybridized carbons (Fsp3) is 0.914. The van der Waals surface area contributed by atoms with Crippen molar-refractivity contribution in [1.29, 1.82) is 0 Å². The van der Waals surface area contributed by atoms with Crippen LogP contribution in [0.3, 0.4) is 0 Å². The molecule has 254 valence electrons. The summed E-state index contributed by atoms with van der Waals surface area (Å²) in [7, 11) is 5.51. The molecular weight excluding hydrogens is 546 g/mol. The molecule has 0 rings (SSSR count). The van der Waals surface area contributed by atoms with Crippen LogP contribution in [0.25, 0.3) is 0 Å². The lowest BCUT2D eigenvalue weighted by Gasteiger charge is -2.31. The third kappa shape index (κ3) is 26.5. The number of rotatable bonds is 31. The molecule has 0 saturated heterocycles. The first-order chi connectivity index (χ1) is 20.6. The van der Waals surface area contributed by atoms with Gasteiger partial charge >= 0.3 is 17.9 Å². The quantitative estimate of drug-likeness (QED) is 0.0477. The number of esters is 2. The monoisotopic (exact) mass is 614 g/mol. The number of carbonyl (C=O) groups excluding carboxylic acids is 2. The Morgan fingerprint density at radius 2 is 1.02 bits per heavy atom. The molecule has 0 radical (unpaired) electrons. The summed E-state index contributed by atoms with van der Waals surface area (Å²) in [5, 5.41) is 9.54. The Labute approximate surface area is 264 Å². The van der Waals surface area contributed by atoms with E-state index in [1.807, 2.05) is 21.1 Å². The summed E-state index contributed by atoms with van der Waals surface area (Å²) in [6.07, 6.45) is 22.8. The second kappa shape index (κ2) is 27.8. The molecular formula is C35H68NO7+. The van der Waals surface area contributed by atoms with Gasteiger partial charge in [0, 0.05) is 19.3 Å². The Hall–Kier alpha value is -1.67. The van der Waals surface area contributed by atoms with Gasteiger partial charge in [-0.2, -0.15) is 0 Å². The minimum atomic E-state index is -0.874. The van der Waals surface area contributed by atoms with Crippen LogP contribution in [0.15, 0.2) is 0 Å². The van der Waals surface area contributed by atoms with Gasteiger partial charge in [0.25, 0.3) is 0 Å². The van der Waals surface area contributed by atoms with E-state index in [2.05, 4.69) is 13.8 Å². The van der Waals surface area contributed by atoms with Crippen molar-refractivity contribution in [1.82, 2.24) is 0 Å². The maximum Gasteiger partial charge on any atom is 0.362 e. The van der Waals surface area contributed by atoms with Crippen molar-refractivity contribution in [3.63, 3.8) is 0 Å². The summed E-state index contributed by atoms with van der Waals surface area (Å²) in [5.41, 5.74) is 0. The highest BCUT2D eigenvalue weighted by Crippen LogP contribution is 2.14. The van der Waals surface area contributed by atoms with Crippen LogP contribution in [-0.2, 0) is 28.6 Å². The predicted molar refractivity (Wildman–Crippen MR) is 174 cm³/mol. The lowest BCUT2D eigenvalue weighted by molar-refractivity contribution is -0.887. The van der Waals surface area contributed by atoms with Crippen molar-refractivity contribution >= 4 is 17.9 Å². The predicted octanol–water partition coefficient (Wildman–Crippen LogP) is 8.24. The number of unbranched alkanes of at least 4 members (excludes halogenated alkanes) is 17. The van der Waals surface area contributed by atoms with Crippen LogP contribution in [0.4, 0.5) is 0 Å². The molecule has 0 aliphatic heterocycles. The van der Waals surface area contributed by atoms with Crippen LogP contribution in [0.1, 0.15) is 155 Å². The van der Waals surface area contributed by atoms with E-state index in [1.165, 1.54) is 83.5 Å². The molecule has 0 spiro atoms. The van der Waals surface area contributed by atoms with E-state index < -0.39 is 18.1 Å². The summed E-state index contributed by atoms with van der Waals surface area (Å²) in [5.74, 6) is -1.46. The van der Waals surface area contributed by atoms with E-state index in [9.17, 15) is 19.5 Å². The Kier molecular flexibility index (Phi) is 26.8. The van der Waals surface area contributed by atoms with Gasteiger partial charge in [-0.1, -0.05) is 123 Å². The third-order valence-corrected chi connectivity index (χ3v) is 8.01. The summed E-state index contributed by atoms with van der Waals surface area (Å²) in [6.45, 7) is 4.69. The van der Waals surface area contributed by atoms with Gasteiger partial charge in [-0.05, 0) is 12.8 Å². The van der Waals surface area contributed by atoms with Crippen molar-refractivity contribution in [2.45, 2.75) is 167 Å². The van der Waals surface area contributed by atoms with Gasteiger partial charge in [-0.15, -0.1) is 0 Å². The lowest BCUT2D eigenvalue weighted by atomic mass is 10.1. The number of ether oxygens (including phenoxy) is 3. The first-order valence-electron chi connectivity index (χ1n) is 17.6. The van der Waals surface area contributed by atoms with Gasteiger partial charge in [-0.25, -0.2) is 4.79 Å². The SMILES string of the molecule is CCCCCCCCCCCCC(=O)OCC(COCCC(C(=O)O)[N+](C)(C)C)OC(=O)CCCCCCCCCCC. The fourth-order valence-electron chi connectivity index (χ4n) is 5.21. The molecule has 8 nitrogen and oxygen atoms in total. The van der Waals surface area contributed by atoms with Crippen molar-refractivity contribution in [2.24, 2.45) is 0 Å². The highest BCUT2D eigenvalue weighted by Gasteiger charge is 2.31. The fourth-order valence-corrected chi connectivity index (χ4v) is 5.21. The van der Waals surface area contributed by atoms with Gasteiger partial charge < -0.3 is 23.8 Å². The molecule has 2 atom stereocenters. The Morgan fingerprint density at radius 3 is 1.44 bits per heavy atom. The van der Waals surface area contributed by atoms with Gasteiger partial charge in [0.05, 0.1) is 34.4 Å². The smallest absolute Gasteiger partial charge is 0.362 e. The van der Waals surface area contributed by atoms with E-state index in [0.717, 1.165) is 38.5 Å². The highest BCUT2D eigenvalue weighted by molar-refractivity contribution is 5.72. The number of carboxylic acids is 1. The maximum absolute atomic E-state index is 12.5. The molecule has 0 fully saturated rings. The number of hydrogen-bond donors (Lipinski definition) is 1. The molecule has 0 aliphatic carbocycles. The molecule has 0 aliphatic rings. The van der Waals surface area contributed by atoms with Crippen LogP contribution in [0.2, 0.25) is 0 Å². The standard InChI is InChI=1S/C35H67NO7/c1-6-8-10-12-14-16-18-19-21-23-25-33(37)42-30-31(29-41-28-27-32(35(39)40)36(3,4)5)43-34(38)26-24-22-20-17-15-13-11-9-7-2/h31-32H,6-30H2,1-5H3/p+1. The molecule has 8 heteroatoms. The molecule has 0 aromatic carbocycles. The number of quaternary nitrogens is 1. The molecule has 1 N–H and O–H groups in total. The van der Waals surface area contributed by atoms with Crippen LogP contribution in [-0.4, -0.2) is 80.6 Å². The van der Waals surface area contributed by atoms with Crippen LogP contribution >= 0.6 is 0 Å². The van der Waals surface area contributed by atoms with E-state index in [-0.39, 0.29) is 36.2 Å². The summed E-state index contributed by atoms with van der Waals surface area (Å²) < 4.78 is 17.1. The minimum Gasteiger partial charge on any atom is -0.477 e. The largest absolute Gasteiger partial charge is 0.477 e. The molecule has 0 aromatic heterocycles. The summed E-state index contributed by atoms with van der Waals surface area (Å²) in [6, 6.07) is -0.605. The van der Waals surface area contributed by atoms with Crippen LogP contribution < -0.4 is 0 Å². The minimum absolute atomic E-state index is 0.0439. The second-order valence-electron chi connectivity index (χ2n) is 13.1. The van der Waals surface area contributed by atoms with Gasteiger partial charge in [0.1, 0.15) is 6.61 Å². The number of likely N-dealkylation sites (N-methyl/N-ethyl adjacent to an activating group) is 1. The van der Waals surface area contributed by atoms with Crippen molar-refractivity contribution < 1.29 is 38.2 Å². The molecule has 0 aromatic rings. The molecule has 0 heterocycles. The number of carbonyl (C=O) groups is 3. The van der Waals surface area contributed by atoms with Gasteiger partial charge in [0.15, 0.2) is 12.1 Å². The number of aliphatic carboxylic acids is 1. The Bertz CT molecular complexity index is 692. The molecule has 0 saturated carbocycles. The lowest BCUT2D eigenvalue weighted by Crippen LogP contribution is -2.50. The zero-order chi connectivity index (χ0) is 32.2. The van der Waals surface area contributed by atoms with E-state index in [1.54, 1.807) is 0 Å². The van der Waals surface area contributed by atoms with Crippen LogP contribution in [0.5, 0.6) is 0 Å². The molecule has 0 amide bonds. The Balaban J connectivity index is 4.45. The van der Waals surface area contributed by atoms with Crippen molar-refractivity contribution in [3.05, 3.63) is 0 Å². The third-order valence-electron chi connectivity index (χ3n) is 8.01. The van der Waals surface area contributed by atoms with Gasteiger partial charge in [-0.3, -0.25) is 9.59 Å². The highest BCUT2D eigenvalue weighted by atomic mass is 16.6. The molecule has 2 unspecified atom stereocenters. The van der Waals surface area contributed by atoms with Crippen molar-refractivity contribution in [3.8, 4) is 0 Å². The first-order valence-corrected chi connectivity index (χ1v) is 17.6. The van der Waals surface area contributed by atoms with Crippen molar-refractivity contribution in [2.75, 3.05) is 41.0 Å². The zero-order valence-corrected chi connectivity index (χ0v) is 28.7. The average Bonchev–Trinajstić information content (AvgIpc) is 2.94. The molecule has 0 bridgehead atoms. The molecule has 43 heavy (non-hydrogen) atoms. The average molecular weight is 615 g/mol. The number of nitrogens with zero attached hydrogens (tertiary/aromatic N) is 1.